The number of aliphatic carboxylic acids is 1. The van der Waals surface area contributed by atoms with E-state index >= 15 is 0 Å². The van der Waals surface area contributed by atoms with Crippen LogP contribution >= 0.6 is 23.2 Å². The van der Waals surface area contributed by atoms with Crippen LogP contribution in [0.5, 0.6) is 0 Å². The number of carbonyl (C=O) groups excluding carboxylic acids is 2. The molecule has 3 N–H and O–H groups in total. The number of carbonyl (C=O) groups is 3. The van der Waals surface area contributed by atoms with Crippen molar-refractivity contribution in [2.45, 2.75) is 19.8 Å². The van der Waals surface area contributed by atoms with Gasteiger partial charge in [-0.15, -0.1) is 0 Å². The lowest BCUT2D eigenvalue weighted by Crippen LogP contribution is -2.35. The Morgan fingerprint density at radius 2 is 1.65 bits per heavy atom. The van der Waals surface area contributed by atoms with Crippen molar-refractivity contribution in [2.24, 2.45) is 0 Å². The van der Waals surface area contributed by atoms with Gasteiger partial charge in [0.05, 0.1) is 22.2 Å². The lowest BCUT2D eigenvalue weighted by Gasteiger charge is -2.15. The Bertz CT molecular complexity index is 1140. The number of anilines is 1. The van der Waals surface area contributed by atoms with Gasteiger partial charge in [-0.05, 0) is 37.3 Å². The highest BCUT2D eigenvalue weighted by Gasteiger charge is 2.19. The van der Waals surface area contributed by atoms with E-state index in [2.05, 4.69) is 10.7 Å². The first-order valence-electron chi connectivity index (χ1n) is 9.31. The van der Waals surface area contributed by atoms with Crippen LogP contribution in [0.25, 0.3) is 11.3 Å². The minimum absolute atomic E-state index is 0.122. The summed E-state index contributed by atoms with van der Waals surface area (Å²) in [5, 5.41) is 12.0. The number of hydrogen-bond donors (Lipinski definition) is 3. The topological polar surface area (TPSA) is 100 Å². The number of benzene rings is 2. The van der Waals surface area contributed by atoms with Crippen LogP contribution in [0.15, 0.2) is 54.6 Å². The summed E-state index contributed by atoms with van der Waals surface area (Å²) in [6.07, 6.45) is 0.0541. The normalized spacial score (nSPS) is 10.5. The Morgan fingerprint density at radius 1 is 0.935 bits per heavy atom. The van der Waals surface area contributed by atoms with Crippen molar-refractivity contribution in [1.82, 2.24) is 4.68 Å². The van der Waals surface area contributed by atoms with Crippen molar-refractivity contribution < 1.29 is 19.5 Å². The number of aryl methyl sites for hydroxylation is 2. The molecule has 3 rings (SSSR count). The number of amides is 2. The second kappa shape index (κ2) is 9.68. The van der Waals surface area contributed by atoms with Gasteiger partial charge in [-0.2, -0.15) is 0 Å². The zero-order chi connectivity index (χ0) is 22.5. The number of nitrogens with one attached hydrogen (secondary N) is 2. The summed E-state index contributed by atoms with van der Waals surface area (Å²) in [4.78, 5) is 36.0. The smallest absolute Gasteiger partial charge is 0.328 e. The van der Waals surface area contributed by atoms with Gasteiger partial charge < -0.3 is 10.4 Å². The molecule has 160 valence electrons. The zero-order valence-electron chi connectivity index (χ0n) is 16.5. The number of carboxylic acid groups (broad SMARTS) is 1. The maximum absolute atomic E-state index is 12.6. The number of nitrogens with zero attached hydrogens (tertiary/aromatic N) is 1. The van der Waals surface area contributed by atoms with E-state index in [4.69, 9.17) is 28.3 Å². The maximum atomic E-state index is 12.6. The van der Waals surface area contributed by atoms with Crippen molar-refractivity contribution in [2.75, 3.05) is 10.7 Å². The SMILES string of the molecule is Cc1ccc(-c2ccc(CCC(=O)O)n2NC(=O)C(=O)Nc2ccc(Cl)c(Cl)c2)cc1. The van der Waals surface area contributed by atoms with Crippen molar-refractivity contribution in [3.05, 3.63) is 75.9 Å². The van der Waals surface area contributed by atoms with Gasteiger partial charge in [0.15, 0.2) is 0 Å². The molecular weight excluding hydrogens is 441 g/mol. The summed E-state index contributed by atoms with van der Waals surface area (Å²) in [7, 11) is 0. The van der Waals surface area contributed by atoms with Gasteiger partial charge in [-0.1, -0.05) is 53.0 Å². The van der Waals surface area contributed by atoms with E-state index in [0.717, 1.165) is 11.1 Å². The van der Waals surface area contributed by atoms with Crippen LogP contribution in [-0.4, -0.2) is 27.6 Å². The van der Waals surface area contributed by atoms with Crippen LogP contribution in [0.2, 0.25) is 10.0 Å². The molecule has 2 amide bonds. The standard InChI is InChI=1S/C22H19Cl2N3O4/c1-13-2-4-14(5-3-13)19-10-7-16(8-11-20(28)29)27(19)26-22(31)21(30)25-15-6-9-17(23)18(24)12-15/h2-7,9-10,12H,8,11H2,1H3,(H,25,30)(H,26,31)(H,28,29). The maximum Gasteiger partial charge on any atom is 0.328 e. The quantitative estimate of drug-likeness (QED) is 0.472. The molecule has 0 fully saturated rings. The fourth-order valence-corrected chi connectivity index (χ4v) is 3.20. The lowest BCUT2D eigenvalue weighted by atomic mass is 10.1. The molecule has 9 heteroatoms. The molecule has 0 unspecified atom stereocenters. The van der Waals surface area contributed by atoms with E-state index in [1.165, 1.54) is 22.9 Å². The van der Waals surface area contributed by atoms with E-state index < -0.39 is 17.8 Å². The highest BCUT2D eigenvalue weighted by atomic mass is 35.5. The molecule has 0 saturated carbocycles. The molecule has 31 heavy (non-hydrogen) atoms. The predicted molar refractivity (Wildman–Crippen MR) is 120 cm³/mol. The number of rotatable bonds is 6. The first-order chi connectivity index (χ1) is 14.7. The molecule has 0 bridgehead atoms. The van der Waals surface area contributed by atoms with Crippen LogP contribution in [0, 0.1) is 6.92 Å². The van der Waals surface area contributed by atoms with E-state index in [1.807, 2.05) is 31.2 Å². The molecule has 2 aromatic carbocycles. The second-order valence-electron chi connectivity index (χ2n) is 6.83. The van der Waals surface area contributed by atoms with Gasteiger partial charge >= 0.3 is 17.8 Å². The van der Waals surface area contributed by atoms with E-state index in [9.17, 15) is 14.4 Å². The summed E-state index contributed by atoms with van der Waals surface area (Å²) < 4.78 is 1.43. The van der Waals surface area contributed by atoms with Crippen molar-refractivity contribution in [1.29, 1.82) is 0 Å². The second-order valence-corrected chi connectivity index (χ2v) is 7.64. The van der Waals surface area contributed by atoms with Crippen LogP contribution in [-0.2, 0) is 20.8 Å². The lowest BCUT2D eigenvalue weighted by molar-refractivity contribution is -0.137. The molecule has 0 aliphatic heterocycles. The molecule has 0 spiro atoms. The summed E-state index contributed by atoms with van der Waals surface area (Å²) in [5.74, 6) is -2.80. The molecule has 0 atom stereocenters. The molecule has 7 nitrogen and oxygen atoms in total. The molecule has 1 heterocycles. The van der Waals surface area contributed by atoms with Gasteiger partial charge in [-0.3, -0.25) is 24.5 Å². The van der Waals surface area contributed by atoms with E-state index in [0.29, 0.717) is 22.1 Å². The Balaban J connectivity index is 1.84. The highest BCUT2D eigenvalue weighted by molar-refractivity contribution is 6.43. The third-order valence-corrected chi connectivity index (χ3v) is 5.24. The Morgan fingerprint density at radius 3 is 2.29 bits per heavy atom. The Kier molecular flexibility index (Phi) is 6.99. The van der Waals surface area contributed by atoms with Crippen LogP contribution in [0.1, 0.15) is 17.7 Å². The van der Waals surface area contributed by atoms with Gasteiger partial charge in [0.2, 0.25) is 0 Å². The van der Waals surface area contributed by atoms with Crippen LogP contribution < -0.4 is 10.7 Å². The fourth-order valence-electron chi connectivity index (χ4n) is 2.90. The summed E-state index contributed by atoms with van der Waals surface area (Å²) in [6, 6.07) is 15.5. The number of halogens is 2. The average molecular weight is 460 g/mol. The van der Waals surface area contributed by atoms with Crippen molar-refractivity contribution in [3.63, 3.8) is 0 Å². The monoisotopic (exact) mass is 459 g/mol. The highest BCUT2D eigenvalue weighted by Crippen LogP contribution is 2.25. The molecule has 3 aromatic rings. The third-order valence-electron chi connectivity index (χ3n) is 4.50. The minimum Gasteiger partial charge on any atom is -0.481 e. The first-order valence-corrected chi connectivity index (χ1v) is 10.1. The molecular formula is C22H19Cl2N3O4. The molecule has 1 aromatic heterocycles. The predicted octanol–water partition coefficient (Wildman–Crippen LogP) is 4.50. The van der Waals surface area contributed by atoms with Crippen molar-refractivity contribution in [3.8, 4) is 11.3 Å². The molecule has 0 radical (unpaired) electrons. The average Bonchev–Trinajstić information content (AvgIpc) is 3.12. The summed E-state index contributed by atoms with van der Waals surface area (Å²) in [5.41, 5.74) is 5.91. The largest absolute Gasteiger partial charge is 0.481 e. The number of aromatic nitrogens is 1. The first kappa shape index (κ1) is 22.4. The zero-order valence-corrected chi connectivity index (χ0v) is 18.0. The minimum atomic E-state index is -0.965. The third kappa shape index (κ3) is 5.65. The molecule has 0 aliphatic carbocycles. The van der Waals surface area contributed by atoms with Gasteiger partial charge in [0.1, 0.15) is 0 Å². The van der Waals surface area contributed by atoms with E-state index in [1.54, 1.807) is 12.1 Å². The summed E-state index contributed by atoms with van der Waals surface area (Å²) in [6.45, 7) is 1.95. The van der Waals surface area contributed by atoms with Crippen LogP contribution in [0.3, 0.4) is 0 Å². The van der Waals surface area contributed by atoms with Crippen LogP contribution in [0.4, 0.5) is 5.69 Å². The van der Waals surface area contributed by atoms with E-state index in [-0.39, 0.29) is 17.9 Å². The molecule has 0 aliphatic rings. The number of carboxylic acids is 1. The van der Waals surface area contributed by atoms with Gasteiger partial charge in [0.25, 0.3) is 0 Å². The number of hydrogen-bond acceptors (Lipinski definition) is 3. The fraction of sp³-hybridized carbons (Fsp3) is 0.136. The Labute approximate surface area is 188 Å². The Hall–Kier alpha value is -3.29. The molecule has 0 saturated heterocycles. The summed E-state index contributed by atoms with van der Waals surface area (Å²) >= 11 is 11.8. The van der Waals surface area contributed by atoms with Crippen molar-refractivity contribution >= 4 is 46.7 Å². The van der Waals surface area contributed by atoms with Gasteiger partial charge in [-0.25, -0.2) is 0 Å². The van der Waals surface area contributed by atoms with Gasteiger partial charge in [0, 0.05) is 23.4 Å².